The van der Waals surface area contributed by atoms with Crippen LogP contribution >= 0.6 is 0 Å². The standard InChI is InChI=1S/C18H23NO/c1-12-6-5-7-16(10-12)18(15(4)19)20-17-11-13(2)8-9-14(17)3/h5-11,15,18H,19H2,1-4H3. The number of rotatable bonds is 4. The molecule has 2 unspecified atom stereocenters. The molecule has 2 nitrogen and oxygen atoms in total. The molecular formula is C18H23NO. The fourth-order valence-electron chi connectivity index (χ4n) is 2.30. The maximum Gasteiger partial charge on any atom is 0.138 e. The fourth-order valence-corrected chi connectivity index (χ4v) is 2.30. The number of nitrogens with two attached hydrogens (primary N) is 1. The molecule has 0 aromatic heterocycles. The van der Waals surface area contributed by atoms with Crippen molar-refractivity contribution in [1.82, 2.24) is 0 Å². The number of aryl methyl sites for hydroxylation is 3. The highest BCUT2D eigenvalue weighted by molar-refractivity contribution is 5.37. The van der Waals surface area contributed by atoms with Crippen LogP contribution < -0.4 is 10.5 Å². The summed E-state index contributed by atoms with van der Waals surface area (Å²) in [4.78, 5) is 0. The summed E-state index contributed by atoms with van der Waals surface area (Å²) in [5, 5.41) is 0. The Hall–Kier alpha value is -1.80. The van der Waals surface area contributed by atoms with E-state index in [9.17, 15) is 0 Å². The summed E-state index contributed by atoms with van der Waals surface area (Å²) in [6.07, 6.45) is -0.129. The Labute approximate surface area is 121 Å². The van der Waals surface area contributed by atoms with E-state index in [-0.39, 0.29) is 12.1 Å². The normalized spacial score (nSPS) is 13.8. The van der Waals surface area contributed by atoms with E-state index < -0.39 is 0 Å². The highest BCUT2D eigenvalue weighted by Gasteiger charge is 2.19. The summed E-state index contributed by atoms with van der Waals surface area (Å²) in [5.41, 5.74) is 10.8. The lowest BCUT2D eigenvalue weighted by atomic mass is 10.0. The Morgan fingerprint density at radius 1 is 0.950 bits per heavy atom. The van der Waals surface area contributed by atoms with Gasteiger partial charge in [-0.25, -0.2) is 0 Å². The van der Waals surface area contributed by atoms with Crippen LogP contribution in [-0.2, 0) is 0 Å². The van der Waals surface area contributed by atoms with Crippen LogP contribution in [0.1, 0.15) is 35.3 Å². The first-order valence-electron chi connectivity index (χ1n) is 7.03. The second kappa shape index (κ2) is 6.10. The molecule has 2 rings (SSSR count). The van der Waals surface area contributed by atoms with E-state index in [1.165, 1.54) is 11.1 Å². The topological polar surface area (TPSA) is 35.2 Å². The van der Waals surface area contributed by atoms with Gasteiger partial charge in [0, 0.05) is 6.04 Å². The lowest BCUT2D eigenvalue weighted by molar-refractivity contribution is 0.179. The predicted molar refractivity (Wildman–Crippen MR) is 84.1 cm³/mol. The van der Waals surface area contributed by atoms with Crippen LogP contribution in [0.4, 0.5) is 0 Å². The van der Waals surface area contributed by atoms with Gasteiger partial charge in [0.25, 0.3) is 0 Å². The minimum Gasteiger partial charge on any atom is -0.484 e. The van der Waals surface area contributed by atoms with Crippen molar-refractivity contribution in [3.05, 3.63) is 64.7 Å². The maximum atomic E-state index is 6.20. The number of ether oxygens (including phenoxy) is 1. The first kappa shape index (κ1) is 14.6. The smallest absolute Gasteiger partial charge is 0.138 e. The zero-order chi connectivity index (χ0) is 14.7. The van der Waals surface area contributed by atoms with Gasteiger partial charge in [-0.3, -0.25) is 0 Å². The zero-order valence-electron chi connectivity index (χ0n) is 12.7. The summed E-state index contributed by atoms with van der Waals surface area (Å²) in [6, 6.07) is 14.5. The van der Waals surface area contributed by atoms with Crippen molar-refractivity contribution in [3.8, 4) is 5.75 Å². The molecular weight excluding hydrogens is 246 g/mol. The van der Waals surface area contributed by atoms with Crippen molar-refractivity contribution >= 4 is 0 Å². The molecule has 0 amide bonds. The molecule has 0 bridgehead atoms. The van der Waals surface area contributed by atoms with Gasteiger partial charge in [-0.1, -0.05) is 42.0 Å². The molecule has 0 aliphatic heterocycles. The van der Waals surface area contributed by atoms with Crippen LogP contribution in [0.3, 0.4) is 0 Å². The molecule has 0 fully saturated rings. The molecule has 2 N–H and O–H groups in total. The van der Waals surface area contributed by atoms with Gasteiger partial charge in [0.15, 0.2) is 0 Å². The van der Waals surface area contributed by atoms with Crippen LogP contribution in [0.5, 0.6) is 5.75 Å². The molecule has 0 saturated heterocycles. The van der Waals surface area contributed by atoms with E-state index in [1.807, 2.05) is 13.0 Å². The third kappa shape index (κ3) is 3.40. The first-order valence-corrected chi connectivity index (χ1v) is 7.03. The average molecular weight is 269 g/mol. The monoisotopic (exact) mass is 269 g/mol. The highest BCUT2D eigenvalue weighted by Crippen LogP contribution is 2.28. The Kier molecular flexibility index (Phi) is 4.46. The summed E-state index contributed by atoms with van der Waals surface area (Å²) >= 11 is 0. The molecule has 2 aromatic carbocycles. The average Bonchev–Trinajstić information content (AvgIpc) is 2.39. The first-order chi connectivity index (χ1) is 9.47. The van der Waals surface area contributed by atoms with Crippen LogP contribution in [0.25, 0.3) is 0 Å². The van der Waals surface area contributed by atoms with Crippen molar-refractivity contribution in [2.75, 3.05) is 0 Å². The third-order valence-corrected chi connectivity index (χ3v) is 3.45. The number of benzene rings is 2. The van der Waals surface area contributed by atoms with E-state index in [2.05, 4.69) is 57.2 Å². The fraction of sp³-hybridized carbons (Fsp3) is 0.333. The van der Waals surface area contributed by atoms with E-state index >= 15 is 0 Å². The maximum absolute atomic E-state index is 6.20. The summed E-state index contributed by atoms with van der Waals surface area (Å²) in [5.74, 6) is 0.911. The summed E-state index contributed by atoms with van der Waals surface area (Å²) in [6.45, 7) is 8.20. The minimum absolute atomic E-state index is 0.0725. The number of hydrogen-bond acceptors (Lipinski definition) is 2. The van der Waals surface area contributed by atoms with Gasteiger partial charge in [0.2, 0.25) is 0 Å². The Balaban J connectivity index is 2.33. The third-order valence-electron chi connectivity index (χ3n) is 3.45. The van der Waals surface area contributed by atoms with Crippen LogP contribution in [-0.4, -0.2) is 6.04 Å². The molecule has 0 radical (unpaired) electrons. The van der Waals surface area contributed by atoms with Gasteiger partial charge in [-0.2, -0.15) is 0 Å². The van der Waals surface area contributed by atoms with E-state index in [0.29, 0.717) is 0 Å². The Morgan fingerprint density at radius 3 is 2.30 bits per heavy atom. The molecule has 0 heterocycles. The zero-order valence-corrected chi connectivity index (χ0v) is 12.7. The predicted octanol–water partition coefficient (Wildman–Crippen LogP) is 4.08. The van der Waals surface area contributed by atoms with Gasteiger partial charge in [-0.15, -0.1) is 0 Å². The van der Waals surface area contributed by atoms with Crippen molar-refractivity contribution in [3.63, 3.8) is 0 Å². The van der Waals surface area contributed by atoms with Crippen molar-refractivity contribution < 1.29 is 4.74 Å². The van der Waals surface area contributed by atoms with Crippen LogP contribution in [0.15, 0.2) is 42.5 Å². The molecule has 0 aliphatic carbocycles. The van der Waals surface area contributed by atoms with Gasteiger partial charge < -0.3 is 10.5 Å². The van der Waals surface area contributed by atoms with Crippen LogP contribution in [0, 0.1) is 20.8 Å². The molecule has 0 saturated carbocycles. The van der Waals surface area contributed by atoms with E-state index in [1.54, 1.807) is 0 Å². The van der Waals surface area contributed by atoms with E-state index in [4.69, 9.17) is 10.5 Å². The summed E-state index contributed by atoms with van der Waals surface area (Å²) < 4.78 is 6.20. The quantitative estimate of drug-likeness (QED) is 0.907. The van der Waals surface area contributed by atoms with Gasteiger partial charge in [-0.05, 0) is 50.5 Å². The molecule has 2 aromatic rings. The number of hydrogen-bond donors (Lipinski definition) is 1. The molecule has 2 atom stereocenters. The molecule has 0 spiro atoms. The highest BCUT2D eigenvalue weighted by atomic mass is 16.5. The molecule has 0 aliphatic rings. The molecule has 20 heavy (non-hydrogen) atoms. The second-order valence-corrected chi connectivity index (χ2v) is 5.58. The second-order valence-electron chi connectivity index (χ2n) is 5.58. The van der Waals surface area contributed by atoms with E-state index in [0.717, 1.165) is 16.9 Å². The van der Waals surface area contributed by atoms with Crippen molar-refractivity contribution in [2.24, 2.45) is 5.73 Å². The van der Waals surface area contributed by atoms with Gasteiger partial charge >= 0.3 is 0 Å². The lowest BCUT2D eigenvalue weighted by Crippen LogP contribution is -2.29. The van der Waals surface area contributed by atoms with Gasteiger partial charge in [0.05, 0.1) is 0 Å². The largest absolute Gasteiger partial charge is 0.484 e. The van der Waals surface area contributed by atoms with Crippen molar-refractivity contribution in [2.45, 2.75) is 39.8 Å². The molecule has 2 heteroatoms. The Morgan fingerprint density at radius 2 is 1.65 bits per heavy atom. The minimum atomic E-state index is -0.129. The molecule has 106 valence electrons. The summed E-state index contributed by atoms with van der Waals surface area (Å²) in [7, 11) is 0. The van der Waals surface area contributed by atoms with Gasteiger partial charge in [0.1, 0.15) is 11.9 Å². The lowest BCUT2D eigenvalue weighted by Gasteiger charge is -2.24. The van der Waals surface area contributed by atoms with Crippen molar-refractivity contribution in [1.29, 1.82) is 0 Å². The Bertz CT molecular complexity index is 590. The van der Waals surface area contributed by atoms with Crippen LogP contribution in [0.2, 0.25) is 0 Å². The SMILES string of the molecule is Cc1cccc(C(Oc2cc(C)ccc2C)C(C)N)c1.